The summed E-state index contributed by atoms with van der Waals surface area (Å²) < 4.78 is 33.5. The molecule has 3 rings (SSSR count). The maximum Gasteiger partial charge on any atom is 0.246 e. The van der Waals surface area contributed by atoms with Gasteiger partial charge in [0, 0.05) is 18.1 Å². The second-order valence-corrected chi connectivity index (χ2v) is 9.71. The third-order valence-electron chi connectivity index (χ3n) is 5.24. The zero-order valence-corrected chi connectivity index (χ0v) is 18.7. The van der Waals surface area contributed by atoms with E-state index in [-0.39, 0.29) is 29.1 Å². The Morgan fingerprint density at radius 3 is 2.70 bits per heavy atom. The maximum absolute atomic E-state index is 13.3. The van der Waals surface area contributed by atoms with Crippen molar-refractivity contribution in [1.82, 2.24) is 9.62 Å². The molecule has 0 bridgehead atoms. The molecule has 1 heterocycles. The van der Waals surface area contributed by atoms with Crippen molar-refractivity contribution >= 4 is 27.5 Å². The summed E-state index contributed by atoms with van der Waals surface area (Å²) in [5.41, 5.74) is 1.01. The molecule has 0 spiro atoms. The number of halogens is 1. The largest absolute Gasteiger partial charge is 0.492 e. The fourth-order valence-corrected chi connectivity index (χ4v) is 5.55. The van der Waals surface area contributed by atoms with Crippen LogP contribution in [-0.4, -0.2) is 38.3 Å². The first kappa shape index (κ1) is 22.6. The molecule has 1 aliphatic rings. The van der Waals surface area contributed by atoms with E-state index < -0.39 is 15.9 Å². The number of ether oxygens (including phenoxy) is 1. The molecule has 1 N–H and O–H groups in total. The van der Waals surface area contributed by atoms with Crippen molar-refractivity contribution in [3.05, 3.63) is 59.1 Å². The minimum absolute atomic E-state index is 0.0376. The van der Waals surface area contributed by atoms with Crippen LogP contribution in [0.2, 0.25) is 5.02 Å². The summed E-state index contributed by atoms with van der Waals surface area (Å²) in [6, 6.07) is 14.1. The normalized spacial score (nSPS) is 18.6. The van der Waals surface area contributed by atoms with Crippen molar-refractivity contribution in [2.75, 3.05) is 19.7 Å². The first-order chi connectivity index (χ1) is 14.3. The summed E-state index contributed by atoms with van der Waals surface area (Å²) in [4.78, 5) is 12.9. The minimum atomic E-state index is -3.84. The molecule has 2 aromatic rings. The van der Waals surface area contributed by atoms with Gasteiger partial charge >= 0.3 is 0 Å². The summed E-state index contributed by atoms with van der Waals surface area (Å²) >= 11 is 6.05. The lowest BCUT2D eigenvalue weighted by molar-refractivity contribution is -0.126. The zero-order valence-electron chi connectivity index (χ0n) is 17.2. The second kappa shape index (κ2) is 9.81. The second-order valence-electron chi connectivity index (χ2n) is 7.37. The minimum Gasteiger partial charge on any atom is -0.492 e. The van der Waals surface area contributed by atoms with Crippen LogP contribution in [0.3, 0.4) is 0 Å². The molecule has 1 amide bonds. The lowest BCUT2D eigenvalue weighted by Gasteiger charge is -2.32. The lowest BCUT2D eigenvalue weighted by Crippen LogP contribution is -2.45. The van der Waals surface area contributed by atoms with Crippen LogP contribution in [0.4, 0.5) is 0 Å². The summed E-state index contributed by atoms with van der Waals surface area (Å²) in [5, 5.41) is 3.33. The number of sulfonamides is 1. The molecular formula is C22H27ClN2O4S. The summed E-state index contributed by atoms with van der Waals surface area (Å²) in [7, 11) is -3.84. The standard InChI is InChI=1S/C22H27ClN2O4S/c1-3-29-20-12-11-19(23)14-21(20)30(27,28)25-13-7-10-18(15-25)22(26)24-16(2)17-8-5-4-6-9-17/h4-6,8-9,11-12,14,16,18H,3,7,10,13,15H2,1-2H3,(H,24,26)/t16-,18+/m0/s1. The highest BCUT2D eigenvalue weighted by Crippen LogP contribution is 2.32. The van der Waals surface area contributed by atoms with Gasteiger partial charge in [-0.2, -0.15) is 4.31 Å². The summed E-state index contributed by atoms with van der Waals surface area (Å²) in [6.45, 7) is 4.55. The Kier molecular flexibility index (Phi) is 7.39. The monoisotopic (exact) mass is 450 g/mol. The first-order valence-corrected chi connectivity index (χ1v) is 11.9. The van der Waals surface area contributed by atoms with Gasteiger partial charge in [-0.25, -0.2) is 8.42 Å². The topological polar surface area (TPSA) is 75.7 Å². The molecule has 162 valence electrons. The molecule has 1 saturated heterocycles. The van der Waals surface area contributed by atoms with E-state index >= 15 is 0 Å². The van der Waals surface area contributed by atoms with E-state index in [0.29, 0.717) is 31.0 Å². The Labute approximate surface area is 183 Å². The number of benzene rings is 2. The van der Waals surface area contributed by atoms with Gasteiger partial charge < -0.3 is 10.1 Å². The highest BCUT2D eigenvalue weighted by Gasteiger charge is 2.35. The van der Waals surface area contributed by atoms with E-state index in [4.69, 9.17) is 16.3 Å². The molecule has 1 fully saturated rings. The number of hydrogen-bond acceptors (Lipinski definition) is 4. The first-order valence-electron chi connectivity index (χ1n) is 10.1. The molecule has 0 aliphatic carbocycles. The van der Waals surface area contributed by atoms with Gasteiger partial charge in [0.15, 0.2) is 0 Å². The average Bonchev–Trinajstić information content (AvgIpc) is 2.75. The number of nitrogens with one attached hydrogen (secondary N) is 1. The number of piperidine rings is 1. The Balaban J connectivity index is 1.75. The molecule has 0 unspecified atom stereocenters. The molecule has 0 aromatic heterocycles. The molecule has 6 nitrogen and oxygen atoms in total. The SMILES string of the molecule is CCOc1ccc(Cl)cc1S(=O)(=O)N1CCC[C@@H](C(=O)N[C@@H](C)c2ccccc2)C1. The molecule has 2 atom stereocenters. The van der Waals surface area contributed by atoms with Gasteiger partial charge in [0.2, 0.25) is 15.9 Å². The molecule has 2 aromatic carbocycles. The lowest BCUT2D eigenvalue weighted by atomic mass is 9.98. The summed E-state index contributed by atoms with van der Waals surface area (Å²) in [6.07, 6.45) is 1.26. The number of hydrogen-bond donors (Lipinski definition) is 1. The smallest absolute Gasteiger partial charge is 0.246 e. The van der Waals surface area contributed by atoms with Crippen LogP contribution in [0.1, 0.15) is 38.3 Å². The number of carbonyl (C=O) groups is 1. The van der Waals surface area contributed by atoms with Crippen molar-refractivity contribution in [2.45, 2.75) is 37.6 Å². The Hall–Kier alpha value is -2.09. The van der Waals surface area contributed by atoms with Gasteiger partial charge in [-0.1, -0.05) is 41.9 Å². The fourth-order valence-electron chi connectivity index (χ4n) is 3.63. The predicted molar refractivity (Wildman–Crippen MR) is 117 cm³/mol. The molecule has 0 saturated carbocycles. The van der Waals surface area contributed by atoms with E-state index in [1.807, 2.05) is 37.3 Å². The van der Waals surface area contributed by atoms with Crippen LogP contribution in [-0.2, 0) is 14.8 Å². The Morgan fingerprint density at radius 1 is 1.27 bits per heavy atom. The number of nitrogens with zero attached hydrogens (tertiary/aromatic N) is 1. The van der Waals surface area contributed by atoms with Crippen molar-refractivity contribution < 1.29 is 17.9 Å². The summed E-state index contributed by atoms with van der Waals surface area (Å²) in [5.74, 6) is -0.275. The Morgan fingerprint density at radius 2 is 2.00 bits per heavy atom. The molecular weight excluding hydrogens is 424 g/mol. The van der Waals surface area contributed by atoms with Gasteiger partial charge in [0.1, 0.15) is 10.6 Å². The van der Waals surface area contributed by atoms with Crippen molar-refractivity contribution in [3.63, 3.8) is 0 Å². The van der Waals surface area contributed by atoms with E-state index in [0.717, 1.165) is 5.56 Å². The fraction of sp³-hybridized carbons (Fsp3) is 0.409. The number of amides is 1. The van der Waals surface area contributed by atoms with Crippen LogP contribution in [0, 0.1) is 5.92 Å². The van der Waals surface area contributed by atoms with Gasteiger partial charge in [0.25, 0.3) is 0 Å². The Bertz CT molecular complexity index is 982. The van der Waals surface area contributed by atoms with Gasteiger partial charge in [-0.05, 0) is 50.5 Å². The van der Waals surface area contributed by atoms with Crippen LogP contribution in [0.15, 0.2) is 53.4 Å². The number of rotatable bonds is 7. The average molecular weight is 451 g/mol. The maximum atomic E-state index is 13.3. The molecule has 30 heavy (non-hydrogen) atoms. The van der Waals surface area contributed by atoms with E-state index in [1.54, 1.807) is 19.1 Å². The van der Waals surface area contributed by atoms with Crippen LogP contribution < -0.4 is 10.1 Å². The molecule has 1 aliphatic heterocycles. The third kappa shape index (κ3) is 5.14. The zero-order chi connectivity index (χ0) is 21.7. The van der Waals surface area contributed by atoms with Crippen molar-refractivity contribution in [1.29, 1.82) is 0 Å². The van der Waals surface area contributed by atoms with Gasteiger partial charge in [-0.15, -0.1) is 0 Å². The predicted octanol–water partition coefficient (Wildman–Crippen LogP) is 4.02. The van der Waals surface area contributed by atoms with Crippen molar-refractivity contribution in [3.8, 4) is 5.75 Å². The highest BCUT2D eigenvalue weighted by atomic mass is 35.5. The molecule has 0 radical (unpaired) electrons. The molecule has 8 heteroatoms. The van der Waals surface area contributed by atoms with Gasteiger partial charge in [-0.3, -0.25) is 4.79 Å². The third-order valence-corrected chi connectivity index (χ3v) is 7.36. The van der Waals surface area contributed by atoms with Crippen LogP contribution >= 0.6 is 11.6 Å². The van der Waals surface area contributed by atoms with E-state index in [9.17, 15) is 13.2 Å². The van der Waals surface area contributed by atoms with E-state index in [2.05, 4.69) is 5.32 Å². The van der Waals surface area contributed by atoms with Crippen LogP contribution in [0.25, 0.3) is 0 Å². The van der Waals surface area contributed by atoms with Crippen LogP contribution in [0.5, 0.6) is 5.75 Å². The van der Waals surface area contributed by atoms with Gasteiger partial charge in [0.05, 0.1) is 18.6 Å². The van der Waals surface area contributed by atoms with E-state index in [1.165, 1.54) is 10.4 Å². The highest BCUT2D eigenvalue weighted by molar-refractivity contribution is 7.89. The number of carbonyl (C=O) groups excluding carboxylic acids is 1. The van der Waals surface area contributed by atoms with Crippen molar-refractivity contribution in [2.24, 2.45) is 5.92 Å². The quantitative estimate of drug-likeness (QED) is 0.691.